The molecule has 0 aromatic heterocycles. The zero-order chi connectivity index (χ0) is 8.15. The third-order valence-electron chi connectivity index (χ3n) is 1.64. The molecule has 0 fully saturated rings. The third kappa shape index (κ3) is 3.38. The van der Waals surface area contributed by atoms with Crippen LogP contribution in [-0.4, -0.2) is 13.2 Å². The highest BCUT2D eigenvalue weighted by Crippen LogP contribution is 2.01. The number of ether oxygens (including phenoxy) is 1. The highest BCUT2D eigenvalue weighted by atomic mass is 16.5. The Kier molecular flexibility index (Phi) is 3.93. The van der Waals surface area contributed by atoms with Crippen LogP contribution in [0.25, 0.3) is 0 Å². The van der Waals surface area contributed by atoms with E-state index in [-0.39, 0.29) is 0 Å². The van der Waals surface area contributed by atoms with Crippen LogP contribution >= 0.6 is 0 Å². The molecular formula is C8H17NO. The highest BCUT2D eigenvalue weighted by molar-refractivity contribution is 4.82. The van der Waals surface area contributed by atoms with Gasteiger partial charge in [0.2, 0.25) is 0 Å². The lowest BCUT2D eigenvalue weighted by molar-refractivity contribution is 0.243. The molecule has 0 aromatic rings. The second-order valence-electron chi connectivity index (χ2n) is 2.80. The van der Waals surface area contributed by atoms with E-state index >= 15 is 0 Å². The van der Waals surface area contributed by atoms with Gasteiger partial charge in [-0.25, -0.2) is 0 Å². The van der Waals surface area contributed by atoms with E-state index in [1.165, 1.54) is 0 Å². The van der Waals surface area contributed by atoms with Crippen LogP contribution in [0.5, 0.6) is 0 Å². The number of hydrogen-bond acceptors (Lipinski definition) is 2. The summed E-state index contributed by atoms with van der Waals surface area (Å²) in [6.45, 7) is 10.1. The Morgan fingerprint density at radius 1 is 1.40 bits per heavy atom. The van der Waals surface area contributed by atoms with Crippen molar-refractivity contribution in [3.8, 4) is 0 Å². The summed E-state index contributed by atoms with van der Waals surface area (Å²) in [5, 5.41) is 3.11. The van der Waals surface area contributed by atoms with Crippen LogP contribution in [0.4, 0.5) is 0 Å². The molecule has 0 saturated heterocycles. The van der Waals surface area contributed by atoms with E-state index in [4.69, 9.17) is 4.74 Å². The molecule has 0 aliphatic carbocycles. The monoisotopic (exact) mass is 143 g/mol. The minimum atomic E-state index is 0.424. The van der Waals surface area contributed by atoms with Gasteiger partial charge in [-0.3, -0.25) is 0 Å². The first kappa shape index (κ1) is 9.34. The molecule has 0 aliphatic rings. The average Bonchev–Trinajstić information content (AvgIpc) is 1.87. The fourth-order valence-electron chi connectivity index (χ4n) is 0.480. The molecule has 0 saturated carbocycles. The van der Waals surface area contributed by atoms with Gasteiger partial charge in [0.25, 0.3) is 0 Å². The van der Waals surface area contributed by atoms with Crippen molar-refractivity contribution in [2.75, 3.05) is 7.11 Å². The van der Waals surface area contributed by atoms with Gasteiger partial charge in [0, 0.05) is 6.04 Å². The van der Waals surface area contributed by atoms with Crippen molar-refractivity contribution in [2.24, 2.45) is 5.92 Å². The van der Waals surface area contributed by atoms with E-state index < -0.39 is 0 Å². The summed E-state index contributed by atoms with van der Waals surface area (Å²) in [6, 6.07) is 0.424. The number of rotatable bonds is 4. The molecule has 1 N–H and O–H groups in total. The molecule has 60 valence electrons. The third-order valence-corrected chi connectivity index (χ3v) is 1.64. The first-order valence-corrected chi connectivity index (χ1v) is 3.57. The summed E-state index contributed by atoms with van der Waals surface area (Å²) < 4.78 is 4.87. The lowest BCUT2D eigenvalue weighted by Crippen LogP contribution is -2.30. The van der Waals surface area contributed by atoms with E-state index in [9.17, 15) is 0 Å². The lowest BCUT2D eigenvalue weighted by atomic mass is 10.1. The quantitative estimate of drug-likeness (QED) is 0.605. The van der Waals surface area contributed by atoms with Gasteiger partial charge in [-0.05, 0) is 19.4 Å². The molecule has 0 heterocycles. The topological polar surface area (TPSA) is 21.3 Å². The molecule has 1 unspecified atom stereocenters. The molecule has 0 amide bonds. The summed E-state index contributed by atoms with van der Waals surface area (Å²) >= 11 is 0. The maximum Gasteiger partial charge on any atom is 0.179 e. The number of nitrogens with one attached hydrogen (secondary N) is 1. The van der Waals surface area contributed by atoms with Crippen LogP contribution in [0, 0.1) is 5.92 Å². The van der Waals surface area contributed by atoms with Gasteiger partial charge in [-0.15, -0.1) is 0 Å². The van der Waals surface area contributed by atoms with Crippen LogP contribution in [0.3, 0.4) is 0 Å². The molecule has 0 spiro atoms. The van der Waals surface area contributed by atoms with E-state index in [1.54, 1.807) is 7.11 Å². The van der Waals surface area contributed by atoms with Gasteiger partial charge in [0.15, 0.2) is 5.88 Å². The predicted molar refractivity (Wildman–Crippen MR) is 43.6 cm³/mol. The summed E-state index contributed by atoms with van der Waals surface area (Å²) in [4.78, 5) is 0. The van der Waals surface area contributed by atoms with E-state index in [2.05, 4.69) is 32.7 Å². The average molecular weight is 143 g/mol. The van der Waals surface area contributed by atoms with Crippen LogP contribution in [0.2, 0.25) is 0 Å². The van der Waals surface area contributed by atoms with Crippen molar-refractivity contribution in [1.29, 1.82) is 0 Å². The molecule has 2 heteroatoms. The lowest BCUT2D eigenvalue weighted by Gasteiger charge is -2.18. The Labute approximate surface area is 63.3 Å². The highest BCUT2D eigenvalue weighted by Gasteiger charge is 2.05. The zero-order valence-electron chi connectivity index (χ0n) is 7.27. The molecule has 10 heavy (non-hydrogen) atoms. The molecule has 1 atom stereocenters. The van der Waals surface area contributed by atoms with E-state index in [0.717, 1.165) is 0 Å². The smallest absolute Gasteiger partial charge is 0.179 e. The van der Waals surface area contributed by atoms with Crippen LogP contribution < -0.4 is 5.32 Å². The van der Waals surface area contributed by atoms with Crippen molar-refractivity contribution in [1.82, 2.24) is 5.32 Å². The SMILES string of the molecule is C=C(NC(C)C(C)C)OC. The molecular weight excluding hydrogens is 126 g/mol. The minimum absolute atomic E-state index is 0.424. The Morgan fingerprint density at radius 3 is 2.20 bits per heavy atom. The molecule has 0 rings (SSSR count). The predicted octanol–water partition coefficient (Wildman–Crippen LogP) is 1.74. The van der Waals surface area contributed by atoms with E-state index in [1.807, 2.05) is 0 Å². The summed E-state index contributed by atoms with van der Waals surface area (Å²) in [7, 11) is 1.61. The van der Waals surface area contributed by atoms with E-state index in [0.29, 0.717) is 17.8 Å². The van der Waals surface area contributed by atoms with Crippen molar-refractivity contribution in [3.63, 3.8) is 0 Å². The molecule has 2 nitrogen and oxygen atoms in total. The summed E-state index contributed by atoms with van der Waals surface area (Å²) in [5.41, 5.74) is 0. The molecule has 0 bridgehead atoms. The molecule has 0 radical (unpaired) electrons. The fourth-order valence-corrected chi connectivity index (χ4v) is 0.480. The van der Waals surface area contributed by atoms with Crippen molar-refractivity contribution < 1.29 is 4.74 Å². The van der Waals surface area contributed by atoms with Crippen LogP contribution in [0.1, 0.15) is 20.8 Å². The van der Waals surface area contributed by atoms with Crippen molar-refractivity contribution >= 4 is 0 Å². The maximum absolute atomic E-state index is 4.87. The van der Waals surface area contributed by atoms with Crippen LogP contribution in [0.15, 0.2) is 12.5 Å². The normalized spacial score (nSPS) is 12.9. The molecule has 0 aromatic carbocycles. The Bertz CT molecular complexity index is 110. The van der Waals surface area contributed by atoms with Gasteiger partial charge >= 0.3 is 0 Å². The first-order valence-electron chi connectivity index (χ1n) is 3.57. The Morgan fingerprint density at radius 2 is 1.90 bits per heavy atom. The second-order valence-corrected chi connectivity index (χ2v) is 2.80. The van der Waals surface area contributed by atoms with Crippen LogP contribution in [-0.2, 0) is 4.74 Å². The second kappa shape index (κ2) is 4.20. The van der Waals surface area contributed by atoms with Gasteiger partial charge < -0.3 is 10.1 Å². The maximum atomic E-state index is 4.87. The number of hydrogen-bond donors (Lipinski definition) is 1. The first-order chi connectivity index (χ1) is 4.57. The fraction of sp³-hybridized carbons (Fsp3) is 0.750. The summed E-state index contributed by atoms with van der Waals surface area (Å²) in [5.74, 6) is 1.24. The molecule has 0 aliphatic heterocycles. The summed E-state index contributed by atoms with van der Waals surface area (Å²) in [6.07, 6.45) is 0. The Hall–Kier alpha value is -0.660. The zero-order valence-corrected chi connectivity index (χ0v) is 7.27. The minimum Gasteiger partial charge on any atom is -0.483 e. The van der Waals surface area contributed by atoms with Gasteiger partial charge in [0.05, 0.1) is 7.11 Å². The largest absolute Gasteiger partial charge is 0.483 e. The van der Waals surface area contributed by atoms with Gasteiger partial charge in [0.1, 0.15) is 0 Å². The van der Waals surface area contributed by atoms with Crippen molar-refractivity contribution in [3.05, 3.63) is 12.5 Å². The van der Waals surface area contributed by atoms with Crippen molar-refractivity contribution in [2.45, 2.75) is 26.8 Å². The Balaban J connectivity index is 3.57. The standard InChI is InChI=1S/C8H17NO/c1-6(2)7(3)9-8(4)10-5/h6-7,9H,4H2,1-3,5H3. The van der Waals surface area contributed by atoms with Gasteiger partial charge in [-0.2, -0.15) is 0 Å². The van der Waals surface area contributed by atoms with Gasteiger partial charge in [-0.1, -0.05) is 13.8 Å². The number of methoxy groups -OCH3 is 1.